The molecule has 0 atom stereocenters. The Bertz CT molecular complexity index is 734. The van der Waals surface area contributed by atoms with Crippen molar-refractivity contribution in [2.24, 2.45) is 0 Å². The number of nitrogens with zero attached hydrogens (tertiary/aromatic N) is 2. The molecule has 0 saturated carbocycles. The number of aromatic amines is 1. The Labute approximate surface area is 102 Å². The monoisotopic (exact) mass is 239 g/mol. The molecule has 0 spiro atoms. The van der Waals surface area contributed by atoms with E-state index in [0.717, 1.165) is 10.9 Å². The van der Waals surface area contributed by atoms with E-state index in [4.69, 9.17) is 5.11 Å². The molecule has 0 amide bonds. The van der Waals surface area contributed by atoms with Crippen molar-refractivity contribution in [3.8, 4) is 11.4 Å². The van der Waals surface area contributed by atoms with Crippen LogP contribution in [0, 0.1) is 0 Å². The summed E-state index contributed by atoms with van der Waals surface area (Å²) in [6.45, 7) is 0. The van der Waals surface area contributed by atoms with Crippen molar-refractivity contribution in [3.05, 3.63) is 48.2 Å². The first-order chi connectivity index (χ1) is 8.75. The van der Waals surface area contributed by atoms with Gasteiger partial charge in [-0.2, -0.15) is 5.10 Å². The van der Waals surface area contributed by atoms with Gasteiger partial charge in [0.15, 0.2) is 0 Å². The number of fused-ring (bicyclic) bond motifs is 1. The number of carboxylic acids is 1. The highest BCUT2D eigenvalue weighted by Gasteiger charge is 2.15. The molecule has 0 saturated heterocycles. The zero-order chi connectivity index (χ0) is 12.5. The lowest BCUT2D eigenvalue weighted by Crippen LogP contribution is -1.97. The third-order valence-electron chi connectivity index (χ3n) is 2.72. The fourth-order valence-electron chi connectivity index (χ4n) is 1.85. The van der Waals surface area contributed by atoms with E-state index in [1.807, 2.05) is 30.3 Å². The number of rotatable bonds is 2. The number of para-hydroxylation sites is 1. The Morgan fingerprint density at radius 3 is 2.83 bits per heavy atom. The molecule has 0 aliphatic rings. The number of carboxylic acid groups (broad SMARTS) is 1. The lowest BCUT2D eigenvalue weighted by molar-refractivity contribution is 0.0698. The predicted molar refractivity (Wildman–Crippen MR) is 66.3 cm³/mol. The first-order valence-corrected chi connectivity index (χ1v) is 5.38. The summed E-state index contributed by atoms with van der Waals surface area (Å²) in [5.74, 6) is -1.02. The Morgan fingerprint density at radius 2 is 2.00 bits per heavy atom. The average molecular weight is 239 g/mol. The fourth-order valence-corrected chi connectivity index (χ4v) is 1.85. The van der Waals surface area contributed by atoms with Crippen molar-refractivity contribution in [3.63, 3.8) is 0 Å². The van der Waals surface area contributed by atoms with Crippen molar-refractivity contribution in [2.75, 3.05) is 0 Å². The Hall–Kier alpha value is -2.69. The standard InChI is InChI=1S/C13H9N3O2/c17-13(18)9-7-14-16-12(9)11-6-5-8-3-1-2-4-10(8)15-11/h1-7H,(H,14,16)(H,17,18). The lowest BCUT2D eigenvalue weighted by atomic mass is 10.1. The fraction of sp³-hybridized carbons (Fsp3) is 0. The third-order valence-corrected chi connectivity index (χ3v) is 2.72. The summed E-state index contributed by atoms with van der Waals surface area (Å²) >= 11 is 0. The maximum Gasteiger partial charge on any atom is 0.339 e. The van der Waals surface area contributed by atoms with Crippen molar-refractivity contribution in [2.45, 2.75) is 0 Å². The second-order valence-electron chi connectivity index (χ2n) is 3.85. The second kappa shape index (κ2) is 3.96. The molecule has 2 aromatic heterocycles. The first-order valence-electron chi connectivity index (χ1n) is 5.38. The van der Waals surface area contributed by atoms with E-state index in [2.05, 4.69) is 15.2 Å². The molecule has 2 heterocycles. The molecule has 88 valence electrons. The summed E-state index contributed by atoms with van der Waals surface area (Å²) in [4.78, 5) is 15.5. The van der Waals surface area contributed by atoms with Crippen molar-refractivity contribution < 1.29 is 9.90 Å². The molecule has 1 aromatic carbocycles. The van der Waals surface area contributed by atoms with Crippen LogP contribution in [0.2, 0.25) is 0 Å². The van der Waals surface area contributed by atoms with E-state index in [0.29, 0.717) is 11.4 Å². The molecule has 5 heteroatoms. The van der Waals surface area contributed by atoms with Gasteiger partial charge >= 0.3 is 5.97 Å². The number of benzene rings is 1. The molecule has 3 rings (SSSR count). The van der Waals surface area contributed by atoms with Crippen LogP contribution in [0.25, 0.3) is 22.3 Å². The number of hydrogen-bond acceptors (Lipinski definition) is 3. The molecule has 0 aliphatic carbocycles. The smallest absolute Gasteiger partial charge is 0.339 e. The molecule has 0 unspecified atom stereocenters. The van der Waals surface area contributed by atoms with Crippen molar-refractivity contribution >= 4 is 16.9 Å². The van der Waals surface area contributed by atoms with Crippen LogP contribution >= 0.6 is 0 Å². The zero-order valence-corrected chi connectivity index (χ0v) is 9.29. The number of nitrogens with one attached hydrogen (secondary N) is 1. The normalized spacial score (nSPS) is 10.7. The average Bonchev–Trinajstić information content (AvgIpc) is 2.87. The van der Waals surface area contributed by atoms with Gasteiger partial charge in [0.05, 0.1) is 23.1 Å². The van der Waals surface area contributed by atoms with Crippen LogP contribution in [0.15, 0.2) is 42.6 Å². The molecule has 18 heavy (non-hydrogen) atoms. The molecule has 3 aromatic rings. The lowest BCUT2D eigenvalue weighted by Gasteiger charge is -2.01. The molecule has 0 aliphatic heterocycles. The Balaban J connectivity index is 2.19. The molecule has 2 N–H and O–H groups in total. The van der Waals surface area contributed by atoms with Crippen LogP contribution in [-0.4, -0.2) is 26.3 Å². The van der Waals surface area contributed by atoms with Crippen LogP contribution in [-0.2, 0) is 0 Å². The maximum absolute atomic E-state index is 11.0. The van der Waals surface area contributed by atoms with E-state index in [-0.39, 0.29) is 5.56 Å². The molecular weight excluding hydrogens is 230 g/mol. The van der Waals surface area contributed by atoms with Gasteiger partial charge in [0.1, 0.15) is 5.56 Å². The van der Waals surface area contributed by atoms with Gasteiger partial charge in [-0.3, -0.25) is 5.10 Å². The molecule has 0 radical (unpaired) electrons. The molecular formula is C13H9N3O2. The predicted octanol–water partition coefficient (Wildman–Crippen LogP) is 2.32. The Morgan fingerprint density at radius 1 is 1.17 bits per heavy atom. The SMILES string of the molecule is O=C(O)c1cn[nH]c1-c1ccc2ccccc2n1. The van der Waals surface area contributed by atoms with Gasteiger partial charge in [0.25, 0.3) is 0 Å². The summed E-state index contributed by atoms with van der Waals surface area (Å²) < 4.78 is 0. The van der Waals surface area contributed by atoms with Gasteiger partial charge < -0.3 is 5.11 Å². The van der Waals surface area contributed by atoms with Crippen LogP contribution < -0.4 is 0 Å². The summed E-state index contributed by atoms with van der Waals surface area (Å²) in [5, 5.41) is 16.5. The van der Waals surface area contributed by atoms with Crippen LogP contribution in [0.3, 0.4) is 0 Å². The van der Waals surface area contributed by atoms with E-state index < -0.39 is 5.97 Å². The number of carbonyl (C=O) groups is 1. The van der Waals surface area contributed by atoms with Gasteiger partial charge in [0, 0.05) is 5.39 Å². The van der Waals surface area contributed by atoms with Gasteiger partial charge in [-0.15, -0.1) is 0 Å². The van der Waals surface area contributed by atoms with Crippen molar-refractivity contribution in [1.82, 2.24) is 15.2 Å². The van der Waals surface area contributed by atoms with Gasteiger partial charge in [-0.1, -0.05) is 24.3 Å². The van der Waals surface area contributed by atoms with Gasteiger partial charge in [-0.25, -0.2) is 9.78 Å². The Kier molecular flexibility index (Phi) is 2.30. The summed E-state index contributed by atoms with van der Waals surface area (Å²) in [5.41, 5.74) is 1.94. The number of aromatic nitrogens is 3. The topological polar surface area (TPSA) is 78.9 Å². The minimum absolute atomic E-state index is 0.123. The third kappa shape index (κ3) is 1.62. The second-order valence-corrected chi connectivity index (χ2v) is 3.85. The van der Waals surface area contributed by atoms with E-state index in [1.165, 1.54) is 6.20 Å². The molecule has 5 nitrogen and oxygen atoms in total. The summed E-state index contributed by atoms with van der Waals surface area (Å²) in [6.07, 6.45) is 1.29. The van der Waals surface area contributed by atoms with E-state index >= 15 is 0 Å². The minimum atomic E-state index is -1.02. The zero-order valence-electron chi connectivity index (χ0n) is 9.29. The van der Waals surface area contributed by atoms with Crippen LogP contribution in [0.4, 0.5) is 0 Å². The molecule has 0 fully saturated rings. The number of H-pyrrole nitrogens is 1. The quantitative estimate of drug-likeness (QED) is 0.719. The van der Waals surface area contributed by atoms with Gasteiger partial charge in [-0.05, 0) is 12.1 Å². The largest absolute Gasteiger partial charge is 0.478 e. The summed E-state index contributed by atoms with van der Waals surface area (Å²) in [7, 11) is 0. The number of aromatic carboxylic acids is 1. The highest BCUT2D eigenvalue weighted by Crippen LogP contribution is 2.22. The van der Waals surface area contributed by atoms with Gasteiger partial charge in [0.2, 0.25) is 0 Å². The molecule has 0 bridgehead atoms. The summed E-state index contributed by atoms with van der Waals surface area (Å²) in [6, 6.07) is 11.4. The van der Waals surface area contributed by atoms with Crippen LogP contribution in [0.5, 0.6) is 0 Å². The number of hydrogen-bond donors (Lipinski definition) is 2. The van der Waals surface area contributed by atoms with E-state index in [1.54, 1.807) is 6.07 Å². The van der Waals surface area contributed by atoms with Crippen LogP contribution in [0.1, 0.15) is 10.4 Å². The van der Waals surface area contributed by atoms with E-state index in [9.17, 15) is 4.79 Å². The number of pyridine rings is 1. The highest BCUT2D eigenvalue weighted by atomic mass is 16.4. The highest BCUT2D eigenvalue weighted by molar-refractivity contribution is 5.94. The van der Waals surface area contributed by atoms with Crippen molar-refractivity contribution in [1.29, 1.82) is 0 Å². The minimum Gasteiger partial charge on any atom is -0.478 e. The first kappa shape index (κ1) is 10.5. The maximum atomic E-state index is 11.0.